The van der Waals surface area contributed by atoms with Crippen LogP contribution in [0.25, 0.3) is 0 Å². The normalized spacial score (nSPS) is 9.33. The smallest absolute Gasteiger partial charge is 0.140 e. The fraction of sp³-hybridized carbons (Fsp3) is 0.176. The fourth-order valence-electron chi connectivity index (χ4n) is 1.67. The Morgan fingerprint density at radius 2 is 2.14 bits per heavy atom. The molecule has 3 nitrogen and oxygen atoms in total. The third-order valence-electron chi connectivity index (χ3n) is 2.63. The predicted octanol–water partition coefficient (Wildman–Crippen LogP) is 3.51. The number of ether oxygens (including phenoxy) is 1. The molecule has 0 bridgehead atoms. The second-order valence-electron chi connectivity index (χ2n) is 4.22. The summed E-state index contributed by atoms with van der Waals surface area (Å²) < 4.78 is 5.71. The van der Waals surface area contributed by atoms with Gasteiger partial charge in [0.25, 0.3) is 0 Å². The van der Waals surface area contributed by atoms with E-state index in [2.05, 4.69) is 16.8 Å². The highest BCUT2D eigenvalue weighted by atomic mass is 35.5. The highest BCUT2D eigenvalue weighted by molar-refractivity contribution is 6.18. The van der Waals surface area contributed by atoms with Gasteiger partial charge in [-0.1, -0.05) is 17.9 Å². The average Bonchev–Trinajstić information content (AvgIpc) is 2.54. The number of pyridine rings is 1. The van der Waals surface area contributed by atoms with E-state index in [4.69, 9.17) is 21.6 Å². The van der Waals surface area contributed by atoms with Gasteiger partial charge in [0.2, 0.25) is 0 Å². The summed E-state index contributed by atoms with van der Waals surface area (Å²) in [4.78, 5) is 3.92. The lowest BCUT2D eigenvalue weighted by Crippen LogP contribution is -1.97. The Labute approximate surface area is 129 Å². The van der Waals surface area contributed by atoms with Gasteiger partial charge in [-0.25, -0.2) is 4.98 Å². The minimum atomic E-state index is 0.385. The van der Waals surface area contributed by atoms with Crippen molar-refractivity contribution in [2.75, 3.05) is 5.88 Å². The topological polar surface area (TPSA) is 45.9 Å². The van der Waals surface area contributed by atoms with E-state index in [1.807, 2.05) is 36.4 Å². The minimum absolute atomic E-state index is 0.385. The van der Waals surface area contributed by atoms with Gasteiger partial charge in [0, 0.05) is 24.1 Å². The van der Waals surface area contributed by atoms with Crippen LogP contribution in [-0.2, 0) is 6.61 Å². The van der Waals surface area contributed by atoms with Gasteiger partial charge in [0.1, 0.15) is 24.1 Å². The molecular formula is C17H13ClN2O. The Morgan fingerprint density at radius 1 is 1.24 bits per heavy atom. The number of halogens is 1. The summed E-state index contributed by atoms with van der Waals surface area (Å²) in [5, 5.41) is 8.81. The van der Waals surface area contributed by atoms with Crippen molar-refractivity contribution in [3.05, 3.63) is 59.4 Å². The van der Waals surface area contributed by atoms with E-state index in [-0.39, 0.29) is 0 Å². The first-order valence-corrected chi connectivity index (χ1v) is 6.98. The van der Waals surface area contributed by atoms with Crippen molar-refractivity contribution in [3.63, 3.8) is 0 Å². The molecule has 0 spiro atoms. The first-order chi connectivity index (χ1) is 10.3. The highest BCUT2D eigenvalue weighted by Gasteiger charge is 1.99. The summed E-state index contributed by atoms with van der Waals surface area (Å²) in [7, 11) is 0. The molecule has 0 saturated carbocycles. The molecule has 1 aromatic heterocycles. The monoisotopic (exact) mass is 296 g/mol. The van der Waals surface area contributed by atoms with Crippen molar-refractivity contribution in [2.24, 2.45) is 0 Å². The number of hydrogen-bond donors (Lipinski definition) is 0. The molecule has 0 unspecified atom stereocenters. The third kappa shape index (κ3) is 4.84. The van der Waals surface area contributed by atoms with Crippen LogP contribution in [0, 0.1) is 23.2 Å². The van der Waals surface area contributed by atoms with Crippen LogP contribution >= 0.6 is 11.6 Å². The zero-order chi connectivity index (χ0) is 14.9. The molecule has 2 aromatic rings. The number of nitriles is 1. The van der Waals surface area contributed by atoms with Crippen LogP contribution < -0.4 is 4.74 Å². The molecule has 0 aliphatic rings. The molecule has 2 rings (SSSR count). The van der Waals surface area contributed by atoms with Crippen molar-refractivity contribution in [1.82, 2.24) is 4.98 Å². The van der Waals surface area contributed by atoms with Gasteiger partial charge in [-0.05, 0) is 35.9 Å². The minimum Gasteiger partial charge on any atom is -0.489 e. The molecule has 0 fully saturated rings. The number of benzene rings is 1. The van der Waals surface area contributed by atoms with Crippen LogP contribution in [0.5, 0.6) is 5.75 Å². The summed E-state index contributed by atoms with van der Waals surface area (Å²) in [6, 6.07) is 13.1. The van der Waals surface area contributed by atoms with Gasteiger partial charge >= 0.3 is 0 Å². The predicted molar refractivity (Wildman–Crippen MR) is 81.9 cm³/mol. The molecule has 21 heavy (non-hydrogen) atoms. The molecule has 104 valence electrons. The van der Waals surface area contributed by atoms with Crippen molar-refractivity contribution in [3.8, 4) is 23.7 Å². The van der Waals surface area contributed by atoms with E-state index in [1.165, 1.54) is 0 Å². The molecule has 0 radical (unpaired) electrons. The second-order valence-corrected chi connectivity index (χ2v) is 4.60. The zero-order valence-electron chi connectivity index (χ0n) is 11.3. The molecule has 0 N–H and O–H groups in total. The first-order valence-electron chi connectivity index (χ1n) is 6.44. The summed E-state index contributed by atoms with van der Waals surface area (Å²) in [6.45, 7) is 0.385. The zero-order valence-corrected chi connectivity index (χ0v) is 12.1. The molecule has 0 atom stereocenters. The lowest BCUT2D eigenvalue weighted by Gasteiger charge is -2.06. The summed E-state index contributed by atoms with van der Waals surface area (Å²) in [5.41, 5.74) is 2.18. The maximum atomic E-state index is 8.81. The lowest BCUT2D eigenvalue weighted by atomic mass is 10.2. The molecule has 0 saturated heterocycles. The maximum absolute atomic E-state index is 8.81. The largest absolute Gasteiger partial charge is 0.489 e. The Balaban J connectivity index is 2.02. The average molecular weight is 297 g/mol. The van der Waals surface area contributed by atoms with Crippen molar-refractivity contribution < 1.29 is 4.74 Å². The summed E-state index contributed by atoms with van der Waals surface area (Å²) in [5.74, 6) is 7.29. The van der Waals surface area contributed by atoms with Crippen LogP contribution in [0.1, 0.15) is 23.2 Å². The van der Waals surface area contributed by atoms with E-state index in [9.17, 15) is 0 Å². The number of nitrogens with zero attached hydrogens (tertiary/aromatic N) is 2. The van der Waals surface area contributed by atoms with Crippen LogP contribution in [-0.4, -0.2) is 10.9 Å². The number of rotatable bonds is 4. The first kappa shape index (κ1) is 14.9. The highest BCUT2D eigenvalue weighted by Crippen LogP contribution is 2.15. The molecule has 4 heteroatoms. The quantitative estimate of drug-likeness (QED) is 0.640. The fourth-order valence-corrected chi connectivity index (χ4v) is 1.76. The Kier molecular flexibility index (Phi) is 5.64. The van der Waals surface area contributed by atoms with Crippen molar-refractivity contribution >= 4 is 11.6 Å². The lowest BCUT2D eigenvalue weighted by molar-refractivity contribution is 0.306. The van der Waals surface area contributed by atoms with E-state index in [0.29, 0.717) is 24.6 Å². The van der Waals surface area contributed by atoms with Crippen molar-refractivity contribution in [1.29, 1.82) is 5.26 Å². The van der Waals surface area contributed by atoms with Crippen LogP contribution in [0.3, 0.4) is 0 Å². The van der Waals surface area contributed by atoms with Gasteiger partial charge < -0.3 is 4.74 Å². The van der Waals surface area contributed by atoms with E-state index < -0.39 is 0 Å². The Bertz CT molecular complexity index is 710. The molecule has 0 aliphatic carbocycles. The summed E-state index contributed by atoms with van der Waals surface area (Å²) in [6.07, 6.45) is 2.27. The van der Waals surface area contributed by atoms with Crippen LogP contribution in [0.15, 0.2) is 42.6 Å². The van der Waals surface area contributed by atoms with Gasteiger partial charge in [-0.2, -0.15) is 5.26 Å². The standard InChI is InChI=1S/C17H13ClN2O/c18-8-2-1-4-14-5-3-6-17(11-14)21-13-15-7-9-20-16(10-15)12-19/h3,5-7,9-11H,2,8,13H2. The van der Waals surface area contributed by atoms with Gasteiger partial charge in [0.05, 0.1) is 0 Å². The Morgan fingerprint density at radius 3 is 2.95 bits per heavy atom. The van der Waals surface area contributed by atoms with E-state index in [1.54, 1.807) is 12.3 Å². The molecular weight excluding hydrogens is 284 g/mol. The molecule has 1 heterocycles. The van der Waals surface area contributed by atoms with E-state index in [0.717, 1.165) is 16.9 Å². The van der Waals surface area contributed by atoms with Gasteiger partial charge in [-0.3, -0.25) is 0 Å². The van der Waals surface area contributed by atoms with E-state index >= 15 is 0 Å². The second kappa shape index (κ2) is 7.94. The Hall–Kier alpha value is -2.49. The number of hydrogen-bond acceptors (Lipinski definition) is 3. The third-order valence-corrected chi connectivity index (χ3v) is 2.82. The molecule has 0 amide bonds. The van der Waals surface area contributed by atoms with Gasteiger partial charge in [-0.15, -0.1) is 11.6 Å². The van der Waals surface area contributed by atoms with Gasteiger partial charge in [0.15, 0.2) is 0 Å². The maximum Gasteiger partial charge on any atom is 0.140 e. The molecule has 0 aliphatic heterocycles. The van der Waals surface area contributed by atoms with Crippen LogP contribution in [0.2, 0.25) is 0 Å². The summed E-state index contributed by atoms with van der Waals surface area (Å²) >= 11 is 5.59. The number of aromatic nitrogens is 1. The van der Waals surface area contributed by atoms with Crippen molar-refractivity contribution in [2.45, 2.75) is 13.0 Å². The van der Waals surface area contributed by atoms with Crippen LogP contribution in [0.4, 0.5) is 0 Å². The SMILES string of the molecule is N#Cc1cc(COc2cccc(C#CCCCl)c2)ccn1. The number of alkyl halides is 1. The molecule has 1 aromatic carbocycles.